The molecule has 2 rings (SSSR count). The zero-order valence-corrected chi connectivity index (χ0v) is 8.90. The molecule has 0 spiro atoms. The van der Waals surface area contributed by atoms with Gasteiger partial charge in [-0.05, 0) is 13.0 Å². The first-order chi connectivity index (χ1) is 7.78. The molecular formula is C10H13N5O. The molecule has 0 saturated carbocycles. The summed E-state index contributed by atoms with van der Waals surface area (Å²) in [5.41, 5.74) is 3.55. The Morgan fingerprint density at radius 1 is 1.38 bits per heavy atom. The van der Waals surface area contributed by atoms with Gasteiger partial charge in [0.25, 0.3) is 0 Å². The molecule has 0 aliphatic carbocycles. The van der Waals surface area contributed by atoms with Crippen molar-refractivity contribution >= 4 is 11.6 Å². The minimum atomic E-state index is 0.585. The second-order valence-corrected chi connectivity index (χ2v) is 3.32. The summed E-state index contributed by atoms with van der Waals surface area (Å²) in [5.74, 6) is 7.26. The Morgan fingerprint density at radius 3 is 2.88 bits per heavy atom. The fourth-order valence-electron chi connectivity index (χ4n) is 1.32. The van der Waals surface area contributed by atoms with Gasteiger partial charge in [0.1, 0.15) is 17.5 Å². The van der Waals surface area contributed by atoms with Gasteiger partial charge >= 0.3 is 0 Å². The number of hydrogen-bond donors (Lipinski definition) is 3. The lowest BCUT2D eigenvalue weighted by molar-refractivity contribution is 0.564. The molecule has 0 aliphatic rings. The number of nitrogens with zero attached hydrogens (tertiary/aromatic N) is 2. The molecule has 0 aliphatic heterocycles. The van der Waals surface area contributed by atoms with Crippen LogP contribution in [0.15, 0.2) is 29.1 Å². The van der Waals surface area contributed by atoms with Gasteiger partial charge in [0, 0.05) is 18.2 Å². The number of rotatable bonds is 4. The zero-order chi connectivity index (χ0) is 11.4. The van der Waals surface area contributed by atoms with E-state index in [0.29, 0.717) is 18.2 Å². The van der Waals surface area contributed by atoms with Crippen LogP contribution in [0.25, 0.3) is 0 Å². The summed E-state index contributed by atoms with van der Waals surface area (Å²) in [6.07, 6.45) is 3.32. The quantitative estimate of drug-likeness (QED) is 0.530. The number of nitrogen functional groups attached to an aromatic ring is 1. The van der Waals surface area contributed by atoms with E-state index in [2.05, 4.69) is 20.7 Å². The number of hydrogen-bond acceptors (Lipinski definition) is 6. The molecule has 0 radical (unpaired) electrons. The first-order valence-corrected chi connectivity index (χ1v) is 4.85. The van der Waals surface area contributed by atoms with Crippen molar-refractivity contribution in [3.05, 3.63) is 36.0 Å². The van der Waals surface area contributed by atoms with Crippen LogP contribution in [0.5, 0.6) is 0 Å². The van der Waals surface area contributed by atoms with Gasteiger partial charge in [-0.2, -0.15) is 0 Å². The fraction of sp³-hybridized carbons (Fsp3) is 0.200. The maximum atomic E-state index is 5.30. The van der Waals surface area contributed by atoms with Gasteiger partial charge < -0.3 is 15.2 Å². The van der Waals surface area contributed by atoms with Crippen molar-refractivity contribution in [2.45, 2.75) is 13.5 Å². The molecule has 2 heterocycles. The number of nitrogens with one attached hydrogen (secondary N) is 2. The van der Waals surface area contributed by atoms with Gasteiger partial charge in [-0.25, -0.2) is 15.8 Å². The van der Waals surface area contributed by atoms with Crippen LogP contribution in [0, 0.1) is 6.92 Å². The summed E-state index contributed by atoms with van der Waals surface area (Å²) in [7, 11) is 0. The second kappa shape index (κ2) is 4.63. The average molecular weight is 219 g/mol. The van der Waals surface area contributed by atoms with Crippen molar-refractivity contribution < 1.29 is 4.42 Å². The third-order valence-corrected chi connectivity index (χ3v) is 2.04. The lowest BCUT2D eigenvalue weighted by atomic mass is 10.3. The molecule has 0 saturated heterocycles. The smallest absolute Gasteiger partial charge is 0.145 e. The molecule has 2 aromatic heterocycles. The van der Waals surface area contributed by atoms with Crippen LogP contribution in [0.3, 0.4) is 0 Å². The van der Waals surface area contributed by atoms with E-state index in [9.17, 15) is 0 Å². The van der Waals surface area contributed by atoms with Crippen LogP contribution in [0.4, 0.5) is 11.6 Å². The summed E-state index contributed by atoms with van der Waals surface area (Å²) < 4.78 is 4.97. The third kappa shape index (κ3) is 2.48. The van der Waals surface area contributed by atoms with E-state index < -0.39 is 0 Å². The highest BCUT2D eigenvalue weighted by Gasteiger charge is 2.01. The van der Waals surface area contributed by atoms with E-state index in [-0.39, 0.29) is 0 Å². The number of aryl methyl sites for hydroxylation is 1. The van der Waals surface area contributed by atoms with E-state index in [1.165, 1.54) is 0 Å². The van der Waals surface area contributed by atoms with Crippen LogP contribution in [-0.2, 0) is 6.54 Å². The second-order valence-electron chi connectivity index (χ2n) is 3.32. The van der Waals surface area contributed by atoms with Crippen molar-refractivity contribution in [1.82, 2.24) is 9.97 Å². The largest absolute Gasteiger partial charge is 0.472 e. The third-order valence-electron chi connectivity index (χ3n) is 2.04. The molecule has 0 atom stereocenters. The minimum absolute atomic E-state index is 0.585. The Morgan fingerprint density at radius 2 is 2.19 bits per heavy atom. The first-order valence-electron chi connectivity index (χ1n) is 4.85. The van der Waals surface area contributed by atoms with E-state index >= 15 is 0 Å². The molecule has 0 unspecified atom stereocenters. The normalized spacial score (nSPS) is 10.1. The maximum Gasteiger partial charge on any atom is 0.145 e. The molecule has 6 heteroatoms. The number of furan rings is 1. The summed E-state index contributed by atoms with van der Waals surface area (Å²) in [4.78, 5) is 8.32. The van der Waals surface area contributed by atoms with Gasteiger partial charge in [0.15, 0.2) is 0 Å². The van der Waals surface area contributed by atoms with E-state index in [0.717, 1.165) is 11.4 Å². The van der Waals surface area contributed by atoms with Gasteiger partial charge in [0.05, 0.1) is 12.5 Å². The molecule has 0 fully saturated rings. The molecule has 0 bridgehead atoms. The molecule has 0 amide bonds. The summed E-state index contributed by atoms with van der Waals surface area (Å²) in [5, 5.41) is 3.16. The van der Waals surface area contributed by atoms with Crippen LogP contribution in [0.1, 0.15) is 11.4 Å². The lowest BCUT2D eigenvalue weighted by Gasteiger charge is -2.06. The molecule has 0 aromatic carbocycles. The van der Waals surface area contributed by atoms with Gasteiger partial charge in [-0.3, -0.25) is 0 Å². The molecule has 84 valence electrons. The maximum absolute atomic E-state index is 5.30. The van der Waals surface area contributed by atoms with E-state index in [1.54, 1.807) is 18.6 Å². The van der Waals surface area contributed by atoms with Crippen molar-refractivity contribution in [3.63, 3.8) is 0 Å². The molecule has 2 aromatic rings. The standard InChI is InChI=1S/C10H13N5O/c1-7-13-9(4-10(14-7)15-11)12-5-8-2-3-16-6-8/h2-4,6H,5,11H2,1H3,(H2,12,13,14,15). The predicted octanol–water partition coefficient (Wildman–Crippen LogP) is 1.28. The number of aromatic nitrogens is 2. The topological polar surface area (TPSA) is 89.0 Å². The summed E-state index contributed by atoms with van der Waals surface area (Å²) >= 11 is 0. The van der Waals surface area contributed by atoms with Gasteiger partial charge in [-0.15, -0.1) is 0 Å². The van der Waals surface area contributed by atoms with Crippen molar-refractivity contribution in [1.29, 1.82) is 0 Å². The van der Waals surface area contributed by atoms with E-state index in [4.69, 9.17) is 10.3 Å². The fourth-order valence-corrected chi connectivity index (χ4v) is 1.32. The average Bonchev–Trinajstić information content (AvgIpc) is 2.78. The summed E-state index contributed by atoms with van der Waals surface area (Å²) in [6.45, 7) is 2.46. The molecular weight excluding hydrogens is 206 g/mol. The van der Waals surface area contributed by atoms with Crippen LogP contribution in [0.2, 0.25) is 0 Å². The Bertz CT molecular complexity index is 454. The lowest BCUT2D eigenvalue weighted by Crippen LogP contribution is -2.11. The number of hydrazine groups is 1. The first kappa shape index (κ1) is 10.4. The van der Waals surface area contributed by atoms with Gasteiger partial charge in [-0.1, -0.05) is 0 Å². The summed E-state index contributed by atoms with van der Waals surface area (Å²) in [6, 6.07) is 3.64. The van der Waals surface area contributed by atoms with Crippen molar-refractivity contribution in [2.75, 3.05) is 10.7 Å². The number of anilines is 2. The van der Waals surface area contributed by atoms with Crippen molar-refractivity contribution in [3.8, 4) is 0 Å². The predicted molar refractivity (Wildman–Crippen MR) is 60.6 cm³/mol. The Hall–Kier alpha value is -2.08. The highest BCUT2D eigenvalue weighted by molar-refractivity contribution is 5.46. The Balaban J connectivity index is 2.06. The molecule has 16 heavy (non-hydrogen) atoms. The Kier molecular flexibility index (Phi) is 3.02. The van der Waals surface area contributed by atoms with Crippen molar-refractivity contribution in [2.24, 2.45) is 5.84 Å². The SMILES string of the molecule is Cc1nc(NN)cc(NCc2ccoc2)n1. The van der Waals surface area contributed by atoms with Crippen LogP contribution in [-0.4, -0.2) is 9.97 Å². The van der Waals surface area contributed by atoms with Crippen LogP contribution >= 0.6 is 0 Å². The molecule has 4 N–H and O–H groups in total. The Labute approximate surface area is 92.9 Å². The highest BCUT2D eigenvalue weighted by Crippen LogP contribution is 2.11. The van der Waals surface area contributed by atoms with Crippen LogP contribution < -0.4 is 16.6 Å². The number of nitrogens with two attached hydrogens (primary N) is 1. The van der Waals surface area contributed by atoms with Gasteiger partial charge in [0.2, 0.25) is 0 Å². The molecule has 6 nitrogen and oxygen atoms in total. The zero-order valence-electron chi connectivity index (χ0n) is 8.90. The minimum Gasteiger partial charge on any atom is -0.472 e. The monoisotopic (exact) mass is 219 g/mol. The highest BCUT2D eigenvalue weighted by atomic mass is 16.3. The van der Waals surface area contributed by atoms with E-state index in [1.807, 2.05) is 13.0 Å².